The standard InChI is InChI=1S/C30H53.Sn.3H/c1-4-7-10-13-16-19-23-28-25-22-26-29(24-20-17-14-11-8-5-2)30(28)27-21-18-15-12-9-6-3;;;;/h22,25H,4-21,23-24,27H2,1-3H3;;;;. The summed E-state index contributed by atoms with van der Waals surface area (Å²) in [4.78, 5) is 0. The van der Waals surface area contributed by atoms with E-state index in [2.05, 4.69) is 32.9 Å². The van der Waals surface area contributed by atoms with Gasteiger partial charge < -0.3 is 0 Å². The van der Waals surface area contributed by atoms with Crippen molar-refractivity contribution in [2.75, 3.05) is 0 Å². The Balaban J connectivity index is 2.67. The van der Waals surface area contributed by atoms with Crippen molar-refractivity contribution >= 4 is 26.1 Å². The molecule has 0 radical (unpaired) electrons. The summed E-state index contributed by atoms with van der Waals surface area (Å²) in [5.41, 5.74) is 5.36. The van der Waals surface area contributed by atoms with E-state index in [0.717, 1.165) is 0 Å². The van der Waals surface area contributed by atoms with Gasteiger partial charge in [-0.05, 0) is 0 Å². The fourth-order valence-electron chi connectivity index (χ4n) is 5.01. The van der Waals surface area contributed by atoms with Gasteiger partial charge in [-0.3, -0.25) is 0 Å². The van der Waals surface area contributed by atoms with Crippen LogP contribution in [0.25, 0.3) is 0 Å². The van der Waals surface area contributed by atoms with E-state index in [1.165, 1.54) is 135 Å². The fourth-order valence-corrected chi connectivity index (χ4v) is 7.06. The van der Waals surface area contributed by atoms with Crippen molar-refractivity contribution in [2.24, 2.45) is 0 Å². The van der Waals surface area contributed by atoms with Gasteiger partial charge >= 0.3 is 211 Å². The molecule has 0 fully saturated rings. The first-order valence-electron chi connectivity index (χ1n) is 14.3. The molecule has 0 aliphatic heterocycles. The zero-order chi connectivity index (χ0) is 22.6. The third-order valence-electron chi connectivity index (χ3n) is 7.12. The van der Waals surface area contributed by atoms with Gasteiger partial charge in [0, 0.05) is 0 Å². The van der Waals surface area contributed by atoms with E-state index in [1.54, 1.807) is 9.14 Å². The van der Waals surface area contributed by atoms with E-state index < -0.39 is 0 Å². The summed E-state index contributed by atoms with van der Waals surface area (Å²) in [5.74, 6) is 0. The second-order valence-electron chi connectivity index (χ2n) is 10.1. The first-order valence-corrected chi connectivity index (χ1v) is 17.2. The molecule has 1 rings (SSSR count). The van der Waals surface area contributed by atoms with Gasteiger partial charge in [-0.1, -0.05) is 0 Å². The minimum atomic E-state index is 0.617. The Kier molecular flexibility index (Phi) is 19.3. The molecule has 1 aromatic carbocycles. The molecular weight excluding hydrogens is 479 g/mol. The van der Waals surface area contributed by atoms with E-state index >= 15 is 0 Å². The van der Waals surface area contributed by atoms with Gasteiger partial charge in [-0.15, -0.1) is 0 Å². The molecule has 0 saturated heterocycles. The van der Waals surface area contributed by atoms with Crippen molar-refractivity contribution in [1.29, 1.82) is 0 Å². The predicted octanol–water partition coefficient (Wildman–Crippen LogP) is 8.39. The molecule has 0 nitrogen and oxygen atoms in total. The van der Waals surface area contributed by atoms with Crippen LogP contribution >= 0.6 is 0 Å². The number of rotatable bonds is 21. The molecule has 1 heteroatoms. The number of benzene rings is 1. The molecule has 0 unspecified atom stereocenters. The molecule has 31 heavy (non-hydrogen) atoms. The molecule has 0 aliphatic rings. The van der Waals surface area contributed by atoms with Gasteiger partial charge in [0.1, 0.15) is 0 Å². The quantitative estimate of drug-likeness (QED) is 0.110. The van der Waals surface area contributed by atoms with Gasteiger partial charge in [-0.2, -0.15) is 0 Å². The molecule has 0 spiro atoms. The Morgan fingerprint density at radius 3 is 1.32 bits per heavy atom. The number of hydrogen-bond acceptors (Lipinski definition) is 0. The van der Waals surface area contributed by atoms with Crippen molar-refractivity contribution in [3.05, 3.63) is 28.8 Å². The SMILES string of the molecule is CCCCCCCCc1cc[c]([SnH3])c(CCCCCCCC)c1CCCCCCCC. The summed E-state index contributed by atoms with van der Waals surface area (Å²) in [6, 6.07) is 5.06. The van der Waals surface area contributed by atoms with Crippen LogP contribution in [0.3, 0.4) is 0 Å². The van der Waals surface area contributed by atoms with Gasteiger partial charge in [-0.25, -0.2) is 0 Å². The topological polar surface area (TPSA) is 0 Å². The third-order valence-corrected chi connectivity index (χ3v) is 9.80. The van der Waals surface area contributed by atoms with Crippen LogP contribution in [0.15, 0.2) is 12.1 Å². The van der Waals surface area contributed by atoms with Crippen LogP contribution < -0.4 is 3.58 Å². The number of hydrogen-bond donors (Lipinski definition) is 0. The second kappa shape index (κ2) is 20.6. The fraction of sp³-hybridized carbons (Fsp3) is 0.800. The van der Waals surface area contributed by atoms with Crippen molar-refractivity contribution in [1.82, 2.24) is 0 Å². The summed E-state index contributed by atoms with van der Waals surface area (Å²) in [5, 5.41) is 0. The third kappa shape index (κ3) is 14.0. The molecule has 0 bridgehead atoms. The zero-order valence-electron chi connectivity index (χ0n) is 22.0. The van der Waals surface area contributed by atoms with E-state index in [1.807, 2.05) is 11.1 Å². The normalized spacial score (nSPS) is 11.5. The van der Waals surface area contributed by atoms with Gasteiger partial charge in [0.15, 0.2) is 0 Å². The molecular formula is C30H56Sn. The second-order valence-corrected chi connectivity index (χ2v) is 13.1. The molecule has 1 aromatic rings. The van der Waals surface area contributed by atoms with Crippen molar-refractivity contribution in [3.8, 4) is 0 Å². The molecule has 0 heterocycles. The predicted molar refractivity (Wildman–Crippen MR) is 147 cm³/mol. The first kappa shape index (κ1) is 29.1. The average Bonchev–Trinajstić information content (AvgIpc) is 2.77. The summed E-state index contributed by atoms with van der Waals surface area (Å²) in [7, 11) is 0. The summed E-state index contributed by atoms with van der Waals surface area (Å²) < 4.78 is 1.77. The van der Waals surface area contributed by atoms with Gasteiger partial charge in [0.2, 0.25) is 0 Å². The van der Waals surface area contributed by atoms with Crippen LogP contribution in [0.1, 0.15) is 153 Å². The Labute approximate surface area is 209 Å². The summed E-state index contributed by atoms with van der Waals surface area (Å²) >= 11 is 0.617. The monoisotopic (exact) mass is 536 g/mol. The molecule has 0 aromatic heterocycles. The van der Waals surface area contributed by atoms with Gasteiger partial charge in [0.05, 0.1) is 0 Å². The maximum absolute atomic E-state index is 2.54. The summed E-state index contributed by atoms with van der Waals surface area (Å²) in [6.45, 7) is 6.96. The molecule has 0 saturated carbocycles. The van der Waals surface area contributed by atoms with Gasteiger partial charge in [0.25, 0.3) is 0 Å². The Morgan fingerprint density at radius 1 is 0.452 bits per heavy atom. The van der Waals surface area contributed by atoms with E-state index in [0.29, 0.717) is 22.5 Å². The first-order chi connectivity index (χ1) is 15.2. The number of aryl methyl sites for hydroxylation is 1. The van der Waals surface area contributed by atoms with Crippen molar-refractivity contribution in [3.63, 3.8) is 0 Å². The van der Waals surface area contributed by atoms with E-state index in [-0.39, 0.29) is 0 Å². The average molecular weight is 535 g/mol. The van der Waals surface area contributed by atoms with Crippen LogP contribution in [0.4, 0.5) is 0 Å². The molecule has 0 atom stereocenters. The van der Waals surface area contributed by atoms with Crippen molar-refractivity contribution < 1.29 is 0 Å². The van der Waals surface area contributed by atoms with E-state index in [4.69, 9.17) is 0 Å². The van der Waals surface area contributed by atoms with Crippen LogP contribution in [0.2, 0.25) is 0 Å². The van der Waals surface area contributed by atoms with Crippen LogP contribution in [0.5, 0.6) is 0 Å². The summed E-state index contributed by atoms with van der Waals surface area (Å²) in [6.07, 6.45) is 29.6. The maximum atomic E-state index is 2.54. The Bertz CT molecular complexity index is 533. The van der Waals surface area contributed by atoms with Crippen molar-refractivity contribution in [2.45, 2.75) is 156 Å². The number of unbranched alkanes of at least 4 members (excludes halogenated alkanes) is 15. The minimum absolute atomic E-state index is 0.617. The van der Waals surface area contributed by atoms with Crippen LogP contribution in [-0.4, -0.2) is 22.5 Å². The van der Waals surface area contributed by atoms with Crippen LogP contribution in [0, 0.1) is 0 Å². The molecule has 0 amide bonds. The molecule has 0 N–H and O–H groups in total. The van der Waals surface area contributed by atoms with Crippen LogP contribution in [-0.2, 0) is 19.3 Å². The molecule has 0 aliphatic carbocycles. The molecule has 180 valence electrons. The van der Waals surface area contributed by atoms with E-state index in [9.17, 15) is 0 Å². The Hall–Kier alpha value is 0.0187. The Morgan fingerprint density at radius 2 is 0.839 bits per heavy atom. The zero-order valence-corrected chi connectivity index (χ0v) is 27.7.